The maximum atomic E-state index is 12.0. The zero-order valence-electron chi connectivity index (χ0n) is 12.9. The average Bonchev–Trinajstić information content (AvgIpc) is 3.09. The molecule has 1 aromatic rings. The van der Waals surface area contributed by atoms with Gasteiger partial charge in [-0.25, -0.2) is 4.79 Å². The molecule has 6 nitrogen and oxygen atoms in total. The molecule has 1 saturated heterocycles. The van der Waals surface area contributed by atoms with Gasteiger partial charge < -0.3 is 14.4 Å². The second-order valence-electron chi connectivity index (χ2n) is 5.53. The lowest BCUT2D eigenvalue weighted by molar-refractivity contribution is -0.118. The summed E-state index contributed by atoms with van der Waals surface area (Å²) >= 11 is 0. The molecule has 1 atom stereocenters. The number of methoxy groups -OCH3 is 1. The maximum Gasteiger partial charge on any atom is 0.414 e. The van der Waals surface area contributed by atoms with Crippen LogP contribution in [0.1, 0.15) is 18.9 Å². The van der Waals surface area contributed by atoms with Crippen molar-refractivity contribution in [2.24, 2.45) is 0 Å². The number of rotatable bonds is 4. The van der Waals surface area contributed by atoms with E-state index in [1.807, 2.05) is 30.0 Å². The Balaban J connectivity index is 1.80. The van der Waals surface area contributed by atoms with E-state index in [4.69, 9.17) is 9.47 Å². The highest BCUT2D eigenvalue weighted by atomic mass is 16.6. The van der Waals surface area contributed by atoms with Gasteiger partial charge in [0.1, 0.15) is 6.10 Å². The van der Waals surface area contributed by atoms with Crippen molar-refractivity contribution in [2.75, 3.05) is 36.6 Å². The molecular weight excluding hydrogens is 284 g/mol. The number of fused-ring (bicyclic) bond motifs is 1. The van der Waals surface area contributed by atoms with E-state index in [9.17, 15) is 9.59 Å². The van der Waals surface area contributed by atoms with E-state index in [1.54, 1.807) is 12.0 Å². The van der Waals surface area contributed by atoms with Crippen LogP contribution in [0.4, 0.5) is 16.2 Å². The smallest absolute Gasteiger partial charge is 0.414 e. The number of benzene rings is 1. The van der Waals surface area contributed by atoms with Crippen molar-refractivity contribution >= 4 is 23.4 Å². The number of carbonyl (C=O) groups is 2. The van der Waals surface area contributed by atoms with E-state index < -0.39 is 0 Å². The maximum absolute atomic E-state index is 12.0. The summed E-state index contributed by atoms with van der Waals surface area (Å²) in [5.74, 6) is 0.132. The number of amides is 2. The zero-order valence-corrected chi connectivity index (χ0v) is 12.9. The second kappa shape index (κ2) is 5.96. The summed E-state index contributed by atoms with van der Waals surface area (Å²) in [6, 6.07) is 5.77. The Morgan fingerprint density at radius 2 is 2.27 bits per heavy atom. The van der Waals surface area contributed by atoms with Crippen molar-refractivity contribution in [3.8, 4) is 0 Å². The van der Waals surface area contributed by atoms with Crippen LogP contribution in [-0.2, 0) is 20.7 Å². The molecule has 0 N–H and O–H groups in total. The molecule has 118 valence electrons. The monoisotopic (exact) mass is 304 g/mol. The Labute approximate surface area is 129 Å². The van der Waals surface area contributed by atoms with E-state index in [0.29, 0.717) is 26.1 Å². The van der Waals surface area contributed by atoms with Gasteiger partial charge in [0.2, 0.25) is 5.91 Å². The van der Waals surface area contributed by atoms with Crippen molar-refractivity contribution < 1.29 is 19.1 Å². The van der Waals surface area contributed by atoms with Gasteiger partial charge in [-0.2, -0.15) is 0 Å². The van der Waals surface area contributed by atoms with Gasteiger partial charge in [-0.05, 0) is 30.2 Å². The van der Waals surface area contributed by atoms with Gasteiger partial charge in [0.15, 0.2) is 0 Å². The quantitative estimate of drug-likeness (QED) is 0.853. The molecule has 2 aliphatic rings. The fourth-order valence-electron chi connectivity index (χ4n) is 3.01. The van der Waals surface area contributed by atoms with Crippen LogP contribution >= 0.6 is 0 Å². The summed E-state index contributed by atoms with van der Waals surface area (Å²) in [5.41, 5.74) is 2.87. The molecule has 2 aliphatic heterocycles. The molecule has 3 rings (SSSR count). The largest absolute Gasteiger partial charge is 0.441 e. The Bertz CT molecular complexity index is 602. The molecule has 2 heterocycles. The first-order valence-electron chi connectivity index (χ1n) is 7.54. The normalized spacial score (nSPS) is 20.3. The lowest BCUT2D eigenvalue weighted by Crippen LogP contribution is -2.28. The van der Waals surface area contributed by atoms with Gasteiger partial charge >= 0.3 is 6.09 Å². The number of nitrogens with zero attached hydrogens (tertiary/aromatic N) is 2. The van der Waals surface area contributed by atoms with Gasteiger partial charge in [0.25, 0.3) is 0 Å². The third-order valence-corrected chi connectivity index (χ3v) is 4.10. The Morgan fingerprint density at radius 3 is 3.00 bits per heavy atom. The molecule has 0 aromatic heterocycles. The summed E-state index contributed by atoms with van der Waals surface area (Å²) in [7, 11) is 1.59. The van der Waals surface area contributed by atoms with Crippen molar-refractivity contribution in [2.45, 2.75) is 25.9 Å². The fourth-order valence-corrected chi connectivity index (χ4v) is 3.01. The predicted molar refractivity (Wildman–Crippen MR) is 82.3 cm³/mol. The van der Waals surface area contributed by atoms with Gasteiger partial charge in [-0.1, -0.05) is 6.92 Å². The highest BCUT2D eigenvalue weighted by molar-refractivity contribution is 5.96. The first-order valence-corrected chi connectivity index (χ1v) is 7.54. The minimum Gasteiger partial charge on any atom is -0.441 e. The van der Waals surface area contributed by atoms with E-state index in [0.717, 1.165) is 23.4 Å². The van der Waals surface area contributed by atoms with Gasteiger partial charge in [-0.3, -0.25) is 9.69 Å². The lowest BCUT2D eigenvalue weighted by atomic mass is 10.1. The zero-order chi connectivity index (χ0) is 15.7. The highest BCUT2D eigenvalue weighted by Crippen LogP contribution is 2.33. The number of hydrogen-bond acceptors (Lipinski definition) is 4. The minimum absolute atomic E-state index is 0.132. The van der Waals surface area contributed by atoms with Crippen LogP contribution in [0.25, 0.3) is 0 Å². The van der Waals surface area contributed by atoms with E-state index in [-0.39, 0.29) is 18.1 Å². The number of hydrogen-bond donors (Lipinski definition) is 0. The van der Waals surface area contributed by atoms with Crippen LogP contribution in [-0.4, -0.2) is 44.9 Å². The first kappa shape index (κ1) is 14.8. The standard InChI is InChI=1S/C16H20N2O4/c1-3-15(19)17-7-6-11-8-12(4-5-14(11)17)18-9-13(10-21-2)22-16(18)20/h4-5,8,13H,3,6-7,9-10H2,1-2H3/t13-/m1/s1. The van der Waals surface area contributed by atoms with E-state index in [2.05, 4.69) is 0 Å². The average molecular weight is 304 g/mol. The molecule has 0 unspecified atom stereocenters. The summed E-state index contributed by atoms with van der Waals surface area (Å²) in [5, 5.41) is 0. The van der Waals surface area contributed by atoms with Crippen molar-refractivity contribution in [1.82, 2.24) is 0 Å². The first-order chi connectivity index (χ1) is 10.6. The van der Waals surface area contributed by atoms with E-state index >= 15 is 0 Å². The molecule has 0 saturated carbocycles. The topological polar surface area (TPSA) is 59.1 Å². The number of ether oxygens (including phenoxy) is 2. The van der Waals surface area contributed by atoms with Crippen LogP contribution in [0.3, 0.4) is 0 Å². The summed E-state index contributed by atoms with van der Waals surface area (Å²) in [6.45, 7) is 3.46. The molecule has 1 fully saturated rings. The molecule has 0 bridgehead atoms. The Kier molecular flexibility index (Phi) is 4.02. The fraction of sp³-hybridized carbons (Fsp3) is 0.500. The van der Waals surface area contributed by atoms with Gasteiger partial charge in [0.05, 0.1) is 13.2 Å². The number of cyclic esters (lactones) is 1. The lowest BCUT2D eigenvalue weighted by Gasteiger charge is -2.18. The van der Waals surface area contributed by atoms with Gasteiger partial charge in [-0.15, -0.1) is 0 Å². The molecule has 6 heteroatoms. The molecule has 2 amide bonds. The van der Waals surface area contributed by atoms with E-state index in [1.165, 1.54) is 0 Å². The Morgan fingerprint density at radius 1 is 1.45 bits per heavy atom. The molecule has 0 spiro atoms. The van der Waals surface area contributed by atoms with Crippen molar-refractivity contribution in [3.63, 3.8) is 0 Å². The summed E-state index contributed by atoms with van der Waals surface area (Å²) < 4.78 is 10.3. The summed E-state index contributed by atoms with van der Waals surface area (Å²) in [6.07, 6.45) is 0.739. The molecule has 0 radical (unpaired) electrons. The van der Waals surface area contributed by atoms with Crippen molar-refractivity contribution in [3.05, 3.63) is 23.8 Å². The minimum atomic E-state index is -0.346. The molecular formula is C16H20N2O4. The molecule has 22 heavy (non-hydrogen) atoms. The SMILES string of the molecule is CCC(=O)N1CCc2cc(N3C[C@H](COC)OC3=O)ccc21. The van der Waals surface area contributed by atoms with Crippen molar-refractivity contribution in [1.29, 1.82) is 0 Å². The highest BCUT2D eigenvalue weighted by Gasteiger charge is 2.33. The van der Waals surface area contributed by atoms with Gasteiger partial charge in [0, 0.05) is 31.5 Å². The summed E-state index contributed by atoms with van der Waals surface area (Å²) in [4.78, 5) is 27.3. The van der Waals surface area contributed by atoms with Crippen LogP contribution < -0.4 is 9.80 Å². The second-order valence-corrected chi connectivity index (χ2v) is 5.53. The molecule has 0 aliphatic carbocycles. The van der Waals surface area contributed by atoms with Crippen LogP contribution in [0.15, 0.2) is 18.2 Å². The third-order valence-electron chi connectivity index (χ3n) is 4.10. The predicted octanol–water partition coefficient (Wildman–Crippen LogP) is 1.96. The number of anilines is 2. The van der Waals surface area contributed by atoms with Crippen LogP contribution in [0, 0.1) is 0 Å². The third kappa shape index (κ3) is 2.54. The van der Waals surface area contributed by atoms with Crippen LogP contribution in [0.2, 0.25) is 0 Å². The Hall–Kier alpha value is -2.08. The van der Waals surface area contributed by atoms with Crippen LogP contribution in [0.5, 0.6) is 0 Å². The molecule has 1 aromatic carbocycles. The number of carbonyl (C=O) groups excluding carboxylic acids is 2.